The lowest BCUT2D eigenvalue weighted by molar-refractivity contribution is 0.542. The maximum Gasteiger partial charge on any atom is 0.223 e. The molecule has 6 heteroatoms. The van der Waals surface area contributed by atoms with E-state index in [-0.39, 0.29) is 28.9 Å². The highest BCUT2D eigenvalue weighted by molar-refractivity contribution is 6.29. The van der Waals surface area contributed by atoms with Gasteiger partial charge in [-0.2, -0.15) is 4.98 Å². The van der Waals surface area contributed by atoms with Gasteiger partial charge in [0.1, 0.15) is 16.8 Å². The van der Waals surface area contributed by atoms with E-state index in [0.29, 0.717) is 5.82 Å². The van der Waals surface area contributed by atoms with E-state index in [1.54, 1.807) is 18.2 Å². The Hall–Kier alpha value is -1.88. The minimum atomic E-state index is -0.259. The zero-order chi connectivity index (χ0) is 14.7. The van der Waals surface area contributed by atoms with Crippen LogP contribution in [0.15, 0.2) is 30.3 Å². The Morgan fingerprint density at radius 2 is 1.85 bits per heavy atom. The summed E-state index contributed by atoms with van der Waals surface area (Å²) in [6.45, 7) is 4.13. The van der Waals surface area contributed by atoms with E-state index < -0.39 is 0 Å². The number of hydrogen-bond donors (Lipinski definition) is 2. The third-order valence-electron chi connectivity index (χ3n) is 2.91. The first kappa shape index (κ1) is 14.5. The quantitative estimate of drug-likeness (QED) is 0.845. The Kier molecular flexibility index (Phi) is 4.39. The van der Waals surface area contributed by atoms with Gasteiger partial charge >= 0.3 is 0 Å². The van der Waals surface area contributed by atoms with E-state index in [4.69, 9.17) is 17.3 Å². The fourth-order valence-electron chi connectivity index (χ4n) is 1.97. The second kappa shape index (κ2) is 6.05. The Balaban J connectivity index is 2.27. The molecule has 1 heterocycles. The molecule has 1 aromatic carbocycles. The molecule has 2 rings (SSSR count). The molecule has 3 N–H and O–H groups in total. The molecule has 0 aliphatic rings. The van der Waals surface area contributed by atoms with Crippen molar-refractivity contribution in [2.45, 2.75) is 19.9 Å². The lowest BCUT2D eigenvalue weighted by Crippen LogP contribution is -2.18. The molecule has 1 atom stereocenters. The van der Waals surface area contributed by atoms with E-state index in [9.17, 15) is 4.39 Å². The summed E-state index contributed by atoms with van der Waals surface area (Å²) >= 11 is 5.86. The maximum atomic E-state index is 13.0. The summed E-state index contributed by atoms with van der Waals surface area (Å²) in [6, 6.07) is 7.96. The van der Waals surface area contributed by atoms with Crippen molar-refractivity contribution in [2.24, 2.45) is 5.92 Å². The molecule has 0 aliphatic heterocycles. The van der Waals surface area contributed by atoms with Crippen molar-refractivity contribution in [3.8, 4) is 0 Å². The van der Waals surface area contributed by atoms with Gasteiger partial charge in [0.05, 0.1) is 6.04 Å². The molecule has 106 valence electrons. The Morgan fingerprint density at radius 3 is 2.40 bits per heavy atom. The molecule has 1 unspecified atom stereocenters. The van der Waals surface area contributed by atoms with Gasteiger partial charge in [-0.25, -0.2) is 9.37 Å². The van der Waals surface area contributed by atoms with Gasteiger partial charge in [-0.1, -0.05) is 37.6 Å². The summed E-state index contributed by atoms with van der Waals surface area (Å²) in [7, 11) is 0. The van der Waals surface area contributed by atoms with Gasteiger partial charge in [-0.05, 0) is 23.6 Å². The topological polar surface area (TPSA) is 63.8 Å². The Bertz CT molecular complexity index is 566. The molecule has 0 saturated carbocycles. The minimum Gasteiger partial charge on any atom is -0.368 e. The van der Waals surface area contributed by atoms with Crippen molar-refractivity contribution in [1.82, 2.24) is 9.97 Å². The molecule has 0 amide bonds. The van der Waals surface area contributed by atoms with Crippen LogP contribution in [0.3, 0.4) is 0 Å². The molecular formula is C14H16ClFN4. The normalized spacial score (nSPS) is 12.4. The number of nitrogens with two attached hydrogens (primary N) is 1. The van der Waals surface area contributed by atoms with Crippen LogP contribution < -0.4 is 11.1 Å². The van der Waals surface area contributed by atoms with E-state index in [1.165, 1.54) is 12.1 Å². The summed E-state index contributed by atoms with van der Waals surface area (Å²) in [5.74, 6) is 0.674. The number of rotatable bonds is 4. The van der Waals surface area contributed by atoms with Crippen LogP contribution in [0.4, 0.5) is 16.2 Å². The fraction of sp³-hybridized carbons (Fsp3) is 0.286. The molecule has 20 heavy (non-hydrogen) atoms. The number of halogens is 2. The molecule has 0 bridgehead atoms. The Labute approximate surface area is 122 Å². The molecule has 0 saturated heterocycles. The van der Waals surface area contributed by atoms with Gasteiger partial charge in [-0.3, -0.25) is 0 Å². The lowest BCUT2D eigenvalue weighted by Gasteiger charge is -2.23. The molecular weight excluding hydrogens is 279 g/mol. The molecule has 1 aromatic heterocycles. The number of nitrogens with zero attached hydrogens (tertiary/aromatic N) is 2. The number of benzene rings is 1. The van der Waals surface area contributed by atoms with Crippen molar-refractivity contribution in [2.75, 3.05) is 11.1 Å². The van der Waals surface area contributed by atoms with E-state index in [1.807, 2.05) is 0 Å². The highest BCUT2D eigenvalue weighted by Crippen LogP contribution is 2.27. The van der Waals surface area contributed by atoms with Crippen LogP contribution in [0, 0.1) is 11.7 Å². The minimum absolute atomic E-state index is 0.0269. The zero-order valence-corrected chi connectivity index (χ0v) is 12.0. The monoisotopic (exact) mass is 294 g/mol. The van der Waals surface area contributed by atoms with Crippen LogP contribution in [0.5, 0.6) is 0 Å². The predicted octanol–water partition coefficient (Wildman–Crippen LogP) is 3.66. The summed E-state index contributed by atoms with van der Waals surface area (Å²) in [5, 5.41) is 3.54. The van der Waals surface area contributed by atoms with Crippen LogP contribution in [0.1, 0.15) is 25.5 Å². The fourth-order valence-corrected chi connectivity index (χ4v) is 2.16. The second-order valence-electron chi connectivity index (χ2n) is 4.85. The van der Waals surface area contributed by atoms with Gasteiger partial charge in [0.25, 0.3) is 0 Å². The summed E-state index contributed by atoms with van der Waals surface area (Å²) in [5.41, 5.74) is 6.54. The van der Waals surface area contributed by atoms with Gasteiger partial charge in [-0.15, -0.1) is 0 Å². The summed E-state index contributed by atoms with van der Waals surface area (Å²) in [6.07, 6.45) is 0. The highest BCUT2D eigenvalue weighted by Gasteiger charge is 2.17. The number of nitrogens with one attached hydrogen (secondary N) is 1. The van der Waals surface area contributed by atoms with Crippen molar-refractivity contribution in [1.29, 1.82) is 0 Å². The third-order valence-corrected chi connectivity index (χ3v) is 3.10. The number of aromatic nitrogens is 2. The number of nitrogen functional groups attached to an aromatic ring is 1. The van der Waals surface area contributed by atoms with E-state index in [2.05, 4.69) is 29.1 Å². The van der Waals surface area contributed by atoms with Gasteiger partial charge < -0.3 is 11.1 Å². The van der Waals surface area contributed by atoms with Crippen molar-refractivity contribution >= 4 is 23.4 Å². The molecule has 4 nitrogen and oxygen atoms in total. The summed E-state index contributed by atoms with van der Waals surface area (Å²) < 4.78 is 13.0. The maximum absolute atomic E-state index is 13.0. The molecule has 0 fully saturated rings. The molecule has 2 aromatic rings. The van der Waals surface area contributed by atoms with Gasteiger partial charge in [0.2, 0.25) is 5.95 Å². The first-order chi connectivity index (χ1) is 9.45. The van der Waals surface area contributed by atoms with Crippen molar-refractivity contribution < 1.29 is 4.39 Å². The largest absolute Gasteiger partial charge is 0.368 e. The lowest BCUT2D eigenvalue weighted by atomic mass is 9.96. The average molecular weight is 295 g/mol. The van der Waals surface area contributed by atoms with Crippen molar-refractivity contribution in [3.63, 3.8) is 0 Å². The van der Waals surface area contributed by atoms with Crippen LogP contribution in [-0.4, -0.2) is 9.97 Å². The molecule has 0 spiro atoms. The zero-order valence-electron chi connectivity index (χ0n) is 11.3. The van der Waals surface area contributed by atoms with Crippen LogP contribution in [0.25, 0.3) is 0 Å². The van der Waals surface area contributed by atoms with Gasteiger partial charge in [0.15, 0.2) is 0 Å². The first-order valence-corrected chi connectivity index (χ1v) is 6.65. The SMILES string of the molecule is CC(C)C(Nc1cc(Cl)nc(N)n1)c1ccc(F)cc1. The van der Waals surface area contributed by atoms with Crippen LogP contribution in [-0.2, 0) is 0 Å². The van der Waals surface area contributed by atoms with Crippen molar-refractivity contribution in [3.05, 3.63) is 46.9 Å². The summed E-state index contributed by atoms with van der Waals surface area (Å²) in [4.78, 5) is 7.91. The van der Waals surface area contributed by atoms with Crippen LogP contribution >= 0.6 is 11.6 Å². The average Bonchev–Trinajstić information content (AvgIpc) is 2.36. The number of hydrogen-bond acceptors (Lipinski definition) is 4. The smallest absolute Gasteiger partial charge is 0.223 e. The second-order valence-corrected chi connectivity index (χ2v) is 5.24. The Morgan fingerprint density at radius 1 is 1.20 bits per heavy atom. The van der Waals surface area contributed by atoms with E-state index >= 15 is 0 Å². The van der Waals surface area contributed by atoms with Gasteiger partial charge in [0, 0.05) is 6.07 Å². The standard InChI is InChI=1S/C14H16ClFN4/c1-8(2)13(9-3-5-10(16)6-4-9)19-12-7-11(15)18-14(17)20-12/h3-8,13H,1-2H3,(H3,17,18,19,20). The molecule has 0 radical (unpaired) electrons. The highest BCUT2D eigenvalue weighted by atomic mass is 35.5. The van der Waals surface area contributed by atoms with Crippen LogP contribution in [0.2, 0.25) is 5.15 Å². The van der Waals surface area contributed by atoms with E-state index in [0.717, 1.165) is 5.56 Å². The number of anilines is 2. The molecule has 0 aliphatic carbocycles. The third kappa shape index (κ3) is 3.57. The first-order valence-electron chi connectivity index (χ1n) is 6.28. The predicted molar refractivity (Wildman–Crippen MR) is 79.1 cm³/mol.